The predicted molar refractivity (Wildman–Crippen MR) is 183 cm³/mol. The van der Waals surface area contributed by atoms with Crippen LogP contribution in [-0.4, -0.2) is 50.9 Å². The molecule has 1 N–H and O–H groups in total. The first-order valence-corrected chi connectivity index (χ1v) is 17.0. The third kappa shape index (κ3) is 8.47. The van der Waals surface area contributed by atoms with Crippen molar-refractivity contribution in [2.24, 2.45) is 0 Å². The smallest absolute Gasteiger partial charge is 0.264 e. The van der Waals surface area contributed by atoms with Crippen molar-refractivity contribution in [2.75, 3.05) is 18.0 Å². The highest BCUT2D eigenvalue weighted by Crippen LogP contribution is 2.35. The van der Waals surface area contributed by atoms with Gasteiger partial charge in [0.15, 0.2) is 0 Å². The summed E-state index contributed by atoms with van der Waals surface area (Å²) in [6.07, 6.45) is 0.930. The number of halogens is 1. The van der Waals surface area contributed by atoms with E-state index in [9.17, 15) is 18.0 Å². The maximum atomic E-state index is 14.7. The topological polar surface area (TPSA) is 96.0 Å². The van der Waals surface area contributed by atoms with Crippen molar-refractivity contribution in [1.82, 2.24) is 10.2 Å². The van der Waals surface area contributed by atoms with Gasteiger partial charge in [0.2, 0.25) is 11.8 Å². The molecular weight excluding hydrogens is 622 g/mol. The highest BCUT2D eigenvalue weighted by atomic mass is 35.5. The summed E-state index contributed by atoms with van der Waals surface area (Å²) in [4.78, 5) is 30.1. The van der Waals surface area contributed by atoms with Gasteiger partial charge in [-0.25, -0.2) is 8.42 Å². The largest absolute Gasteiger partial charge is 0.495 e. The van der Waals surface area contributed by atoms with E-state index in [1.54, 1.807) is 30.3 Å². The third-order valence-electron chi connectivity index (χ3n) is 7.89. The number of aryl methyl sites for hydroxylation is 1. The van der Waals surface area contributed by atoms with Crippen LogP contribution in [0.5, 0.6) is 5.75 Å². The number of sulfonamides is 1. The molecule has 2 amide bonds. The van der Waals surface area contributed by atoms with Gasteiger partial charge >= 0.3 is 0 Å². The van der Waals surface area contributed by atoms with Gasteiger partial charge < -0.3 is 15.0 Å². The fraction of sp³-hybridized carbons (Fsp3) is 0.278. The first-order valence-electron chi connectivity index (χ1n) is 15.1. The van der Waals surface area contributed by atoms with Crippen LogP contribution in [0.2, 0.25) is 5.02 Å². The predicted octanol–water partition coefficient (Wildman–Crippen LogP) is 6.41. The van der Waals surface area contributed by atoms with Crippen molar-refractivity contribution in [2.45, 2.75) is 57.1 Å². The molecule has 0 aliphatic carbocycles. The van der Waals surface area contributed by atoms with E-state index in [0.29, 0.717) is 6.42 Å². The normalized spacial score (nSPS) is 12.5. The SMILES string of the molecule is CC[C@H](C)NC(=O)[C@@H](Cc1ccccc1)N(Cc1ccccc1C)C(=O)CN(c1cc(Cl)ccc1OC)S(=O)(=O)c1ccccc1. The first-order chi connectivity index (χ1) is 22.0. The highest BCUT2D eigenvalue weighted by molar-refractivity contribution is 7.92. The van der Waals surface area contributed by atoms with E-state index in [0.717, 1.165) is 21.0 Å². The lowest BCUT2D eigenvalue weighted by Gasteiger charge is -2.35. The van der Waals surface area contributed by atoms with Gasteiger partial charge in [-0.1, -0.05) is 91.3 Å². The van der Waals surface area contributed by atoms with Crippen LogP contribution in [0.25, 0.3) is 0 Å². The zero-order chi connectivity index (χ0) is 33.3. The molecule has 0 aliphatic rings. The molecule has 0 saturated heterocycles. The second-order valence-corrected chi connectivity index (χ2v) is 13.4. The molecular formula is C36H40ClN3O5S. The van der Waals surface area contributed by atoms with Crippen molar-refractivity contribution >= 4 is 39.1 Å². The Hall–Kier alpha value is -4.34. The summed E-state index contributed by atoms with van der Waals surface area (Å²) in [5.41, 5.74) is 2.74. The van der Waals surface area contributed by atoms with Crippen LogP contribution in [-0.2, 0) is 32.6 Å². The van der Waals surface area contributed by atoms with E-state index in [4.69, 9.17) is 16.3 Å². The fourth-order valence-electron chi connectivity index (χ4n) is 5.06. The van der Waals surface area contributed by atoms with E-state index >= 15 is 0 Å². The molecule has 0 aliphatic heterocycles. The lowest BCUT2D eigenvalue weighted by atomic mass is 10.0. The summed E-state index contributed by atoms with van der Waals surface area (Å²) in [5, 5.41) is 3.32. The number of carbonyl (C=O) groups excluding carboxylic acids is 2. The van der Waals surface area contributed by atoms with Crippen LogP contribution in [0, 0.1) is 6.92 Å². The average Bonchev–Trinajstić information content (AvgIpc) is 3.06. The Morgan fingerprint density at radius 2 is 1.54 bits per heavy atom. The van der Waals surface area contributed by atoms with Crippen molar-refractivity contribution in [3.05, 3.63) is 125 Å². The summed E-state index contributed by atoms with van der Waals surface area (Å²) in [5.74, 6) is -0.666. The molecule has 46 heavy (non-hydrogen) atoms. The third-order valence-corrected chi connectivity index (χ3v) is 9.90. The molecule has 4 aromatic carbocycles. The van der Waals surface area contributed by atoms with Crippen LogP contribution in [0.15, 0.2) is 108 Å². The summed E-state index contributed by atoms with van der Waals surface area (Å²) in [6, 6.07) is 28.5. The quantitative estimate of drug-likeness (QED) is 0.169. The molecule has 0 unspecified atom stereocenters. The van der Waals surface area contributed by atoms with E-state index < -0.39 is 28.5 Å². The number of nitrogens with one attached hydrogen (secondary N) is 1. The molecule has 0 radical (unpaired) electrons. The lowest BCUT2D eigenvalue weighted by molar-refractivity contribution is -0.140. The second-order valence-electron chi connectivity index (χ2n) is 11.1. The molecule has 242 valence electrons. The molecule has 0 fully saturated rings. The Bertz CT molecular complexity index is 1740. The van der Waals surface area contributed by atoms with Crippen LogP contribution < -0.4 is 14.4 Å². The average molecular weight is 662 g/mol. The number of anilines is 1. The second kappa shape index (κ2) is 15.8. The monoisotopic (exact) mass is 661 g/mol. The molecule has 10 heteroatoms. The highest BCUT2D eigenvalue weighted by Gasteiger charge is 2.36. The summed E-state index contributed by atoms with van der Waals surface area (Å²) < 4.78 is 35.0. The standard InChI is InChI=1S/C36H40ClN3O5S/c1-5-27(3)38-36(42)33(22-28-15-8-6-9-16-28)39(24-29-17-13-12-14-26(29)2)35(41)25-40(32-23-30(37)20-21-34(32)45-4)46(43,44)31-18-10-7-11-19-31/h6-21,23,27,33H,5,22,24-25H2,1-4H3,(H,38,42)/t27-,33+/m0/s1. The minimum Gasteiger partial charge on any atom is -0.495 e. The van der Waals surface area contributed by atoms with Crippen molar-refractivity contribution in [3.63, 3.8) is 0 Å². The van der Waals surface area contributed by atoms with Crippen molar-refractivity contribution < 1.29 is 22.7 Å². The maximum Gasteiger partial charge on any atom is 0.264 e. The van der Waals surface area contributed by atoms with Gasteiger partial charge in [0.1, 0.15) is 18.3 Å². The number of amides is 2. The van der Waals surface area contributed by atoms with E-state index in [1.165, 1.54) is 30.2 Å². The molecule has 8 nitrogen and oxygen atoms in total. The number of nitrogens with zero attached hydrogens (tertiary/aromatic N) is 2. The lowest BCUT2D eigenvalue weighted by Crippen LogP contribution is -2.54. The van der Waals surface area contributed by atoms with E-state index in [-0.39, 0.29) is 46.3 Å². The Morgan fingerprint density at radius 1 is 0.913 bits per heavy atom. The Kier molecular flexibility index (Phi) is 11.8. The number of hydrogen-bond acceptors (Lipinski definition) is 5. The van der Waals surface area contributed by atoms with Gasteiger partial charge in [-0.15, -0.1) is 0 Å². The van der Waals surface area contributed by atoms with E-state index in [1.807, 2.05) is 75.4 Å². The Balaban J connectivity index is 1.86. The van der Waals surface area contributed by atoms with Gasteiger partial charge in [0.25, 0.3) is 10.0 Å². The number of carbonyl (C=O) groups is 2. The molecule has 0 heterocycles. The number of benzene rings is 4. The molecule has 2 atom stereocenters. The summed E-state index contributed by atoms with van der Waals surface area (Å²) in [6.45, 7) is 5.29. The minimum atomic E-state index is -4.29. The zero-order valence-corrected chi connectivity index (χ0v) is 28.1. The molecule has 4 aromatic rings. The first kappa shape index (κ1) is 34.5. The van der Waals surface area contributed by atoms with Crippen LogP contribution in [0.1, 0.15) is 37.0 Å². The number of methoxy groups -OCH3 is 1. The Labute approximate surface area is 277 Å². The fourth-order valence-corrected chi connectivity index (χ4v) is 6.66. The van der Waals surface area contributed by atoms with Crippen LogP contribution in [0.4, 0.5) is 5.69 Å². The molecule has 0 saturated carbocycles. The van der Waals surface area contributed by atoms with Crippen LogP contribution in [0.3, 0.4) is 0 Å². The van der Waals surface area contributed by atoms with Gasteiger partial charge in [-0.3, -0.25) is 13.9 Å². The zero-order valence-electron chi connectivity index (χ0n) is 26.5. The number of rotatable bonds is 14. The number of ether oxygens (including phenoxy) is 1. The van der Waals surface area contributed by atoms with Gasteiger partial charge in [0, 0.05) is 24.0 Å². The molecule has 0 bridgehead atoms. The van der Waals surface area contributed by atoms with E-state index in [2.05, 4.69) is 5.32 Å². The van der Waals surface area contributed by atoms with Crippen LogP contribution >= 0.6 is 11.6 Å². The number of hydrogen-bond donors (Lipinski definition) is 1. The maximum absolute atomic E-state index is 14.7. The van der Waals surface area contributed by atoms with Crippen molar-refractivity contribution in [3.8, 4) is 5.75 Å². The molecule has 0 spiro atoms. The van der Waals surface area contributed by atoms with Gasteiger partial charge in [-0.05, 0) is 67.3 Å². The minimum absolute atomic E-state index is 0.00867. The summed E-state index contributed by atoms with van der Waals surface area (Å²) >= 11 is 6.36. The molecule has 4 rings (SSSR count). The summed E-state index contributed by atoms with van der Waals surface area (Å²) in [7, 11) is -2.88. The van der Waals surface area contributed by atoms with Gasteiger partial charge in [-0.2, -0.15) is 0 Å². The van der Waals surface area contributed by atoms with Crippen molar-refractivity contribution in [1.29, 1.82) is 0 Å². The Morgan fingerprint density at radius 3 is 2.17 bits per heavy atom. The van der Waals surface area contributed by atoms with Gasteiger partial charge in [0.05, 0.1) is 17.7 Å². The molecule has 0 aromatic heterocycles.